The molecule has 4 heteroatoms. The Hall–Kier alpha value is -3.14. The Labute approximate surface area is 134 Å². The number of amides is 1. The van der Waals surface area contributed by atoms with Gasteiger partial charge in [-0.2, -0.15) is 0 Å². The van der Waals surface area contributed by atoms with Gasteiger partial charge >= 0.3 is 0 Å². The molecule has 0 aliphatic carbocycles. The van der Waals surface area contributed by atoms with E-state index in [-0.39, 0.29) is 5.69 Å². The number of nitrogens with zero attached hydrogens (tertiary/aromatic N) is 1. The number of methoxy groups -OCH3 is 1. The van der Waals surface area contributed by atoms with Crippen molar-refractivity contribution in [3.05, 3.63) is 72.4 Å². The smallest absolute Gasteiger partial charge is 0.267 e. The van der Waals surface area contributed by atoms with Crippen molar-refractivity contribution in [3.8, 4) is 28.1 Å². The number of benzene rings is 2. The second-order valence-electron chi connectivity index (χ2n) is 5.09. The molecule has 1 amide bonds. The number of hydrogen-bond acceptors (Lipinski definition) is 3. The molecule has 2 aromatic carbocycles. The van der Waals surface area contributed by atoms with Crippen LogP contribution in [0.4, 0.5) is 0 Å². The van der Waals surface area contributed by atoms with Gasteiger partial charge in [0, 0.05) is 5.56 Å². The lowest BCUT2D eigenvalue weighted by molar-refractivity contribution is 0.0995. The summed E-state index contributed by atoms with van der Waals surface area (Å²) in [6.45, 7) is 0. The van der Waals surface area contributed by atoms with E-state index >= 15 is 0 Å². The molecule has 114 valence electrons. The Morgan fingerprint density at radius 1 is 0.913 bits per heavy atom. The molecule has 0 bridgehead atoms. The third kappa shape index (κ3) is 3.21. The third-order valence-corrected chi connectivity index (χ3v) is 3.57. The first-order chi connectivity index (χ1) is 11.2. The third-order valence-electron chi connectivity index (χ3n) is 3.57. The summed E-state index contributed by atoms with van der Waals surface area (Å²) in [4.78, 5) is 16.0. The molecule has 0 aliphatic rings. The molecule has 3 aromatic rings. The molecule has 0 aliphatic heterocycles. The first kappa shape index (κ1) is 14.8. The topological polar surface area (TPSA) is 65.2 Å². The zero-order chi connectivity index (χ0) is 16.2. The van der Waals surface area contributed by atoms with Crippen molar-refractivity contribution < 1.29 is 9.53 Å². The zero-order valence-corrected chi connectivity index (χ0v) is 12.7. The standard InChI is InChI=1S/C19H16N2O2/c1-23-16-9-7-13(8-10-16)15-11-17(14-5-3-2-4-6-14)21-18(12-15)19(20)22/h2-12H,1H3,(H2,20,22). The minimum atomic E-state index is -0.544. The summed E-state index contributed by atoms with van der Waals surface area (Å²) in [7, 11) is 1.63. The fraction of sp³-hybridized carbons (Fsp3) is 0.0526. The van der Waals surface area contributed by atoms with E-state index in [4.69, 9.17) is 10.5 Å². The summed E-state index contributed by atoms with van der Waals surface area (Å²) in [5, 5.41) is 0. The van der Waals surface area contributed by atoms with E-state index in [0.29, 0.717) is 5.69 Å². The normalized spacial score (nSPS) is 10.3. The van der Waals surface area contributed by atoms with E-state index in [1.165, 1.54) is 0 Å². The summed E-state index contributed by atoms with van der Waals surface area (Å²) >= 11 is 0. The Bertz CT molecular complexity index is 828. The van der Waals surface area contributed by atoms with Gasteiger partial charge in [-0.05, 0) is 35.4 Å². The van der Waals surface area contributed by atoms with Crippen LogP contribution in [0.1, 0.15) is 10.5 Å². The van der Waals surface area contributed by atoms with E-state index in [9.17, 15) is 4.79 Å². The van der Waals surface area contributed by atoms with Crippen molar-refractivity contribution in [1.29, 1.82) is 0 Å². The van der Waals surface area contributed by atoms with Crippen LogP contribution in [0.3, 0.4) is 0 Å². The van der Waals surface area contributed by atoms with E-state index < -0.39 is 5.91 Å². The minimum Gasteiger partial charge on any atom is -0.497 e. The predicted octanol–water partition coefficient (Wildman–Crippen LogP) is 3.52. The average Bonchev–Trinajstić information content (AvgIpc) is 2.62. The second kappa shape index (κ2) is 6.32. The molecule has 23 heavy (non-hydrogen) atoms. The SMILES string of the molecule is COc1ccc(-c2cc(C(N)=O)nc(-c3ccccc3)c2)cc1. The van der Waals surface area contributed by atoms with Crippen molar-refractivity contribution >= 4 is 5.91 Å². The molecule has 0 saturated carbocycles. The molecule has 1 heterocycles. The highest BCUT2D eigenvalue weighted by molar-refractivity contribution is 5.93. The molecule has 1 aromatic heterocycles. The maximum Gasteiger partial charge on any atom is 0.267 e. The number of pyridine rings is 1. The maximum absolute atomic E-state index is 11.6. The van der Waals surface area contributed by atoms with Gasteiger partial charge in [0.2, 0.25) is 0 Å². The van der Waals surface area contributed by atoms with Gasteiger partial charge in [-0.1, -0.05) is 42.5 Å². The van der Waals surface area contributed by atoms with Crippen LogP contribution in [-0.4, -0.2) is 18.0 Å². The van der Waals surface area contributed by atoms with Gasteiger partial charge in [0.25, 0.3) is 5.91 Å². The van der Waals surface area contributed by atoms with Crippen LogP contribution in [-0.2, 0) is 0 Å². The molecule has 0 unspecified atom stereocenters. The second-order valence-corrected chi connectivity index (χ2v) is 5.09. The summed E-state index contributed by atoms with van der Waals surface area (Å²) in [6, 6.07) is 21.0. The van der Waals surface area contributed by atoms with Crippen molar-refractivity contribution in [2.45, 2.75) is 0 Å². The number of carbonyl (C=O) groups is 1. The van der Waals surface area contributed by atoms with Crippen molar-refractivity contribution in [3.63, 3.8) is 0 Å². The molecule has 0 saturated heterocycles. The molecule has 2 N–H and O–H groups in total. The number of rotatable bonds is 4. The predicted molar refractivity (Wildman–Crippen MR) is 90.2 cm³/mol. The summed E-state index contributed by atoms with van der Waals surface area (Å²) < 4.78 is 5.17. The largest absolute Gasteiger partial charge is 0.497 e. The fourth-order valence-corrected chi connectivity index (χ4v) is 2.36. The number of ether oxygens (including phenoxy) is 1. The van der Waals surface area contributed by atoms with Crippen LogP contribution in [0.25, 0.3) is 22.4 Å². The number of carbonyl (C=O) groups excluding carboxylic acids is 1. The van der Waals surface area contributed by atoms with Gasteiger partial charge in [-0.25, -0.2) is 4.98 Å². The quantitative estimate of drug-likeness (QED) is 0.802. The number of nitrogens with two attached hydrogens (primary N) is 1. The van der Waals surface area contributed by atoms with E-state index in [1.807, 2.05) is 60.7 Å². The lowest BCUT2D eigenvalue weighted by atomic mass is 10.0. The molecular formula is C19H16N2O2. The van der Waals surface area contributed by atoms with Gasteiger partial charge < -0.3 is 10.5 Å². The first-order valence-corrected chi connectivity index (χ1v) is 7.19. The molecule has 0 fully saturated rings. The van der Waals surface area contributed by atoms with Crippen LogP contribution in [0, 0.1) is 0 Å². The zero-order valence-electron chi connectivity index (χ0n) is 12.7. The average molecular weight is 304 g/mol. The van der Waals surface area contributed by atoms with Crippen LogP contribution >= 0.6 is 0 Å². The van der Waals surface area contributed by atoms with Crippen molar-refractivity contribution in [1.82, 2.24) is 4.98 Å². The molecule has 0 radical (unpaired) electrons. The van der Waals surface area contributed by atoms with E-state index in [1.54, 1.807) is 13.2 Å². The minimum absolute atomic E-state index is 0.247. The molecule has 4 nitrogen and oxygen atoms in total. The monoisotopic (exact) mass is 304 g/mol. The summed E-state index contributed by atoms with van der Waals surface area (Å²) in [5.41, 5.74) is 9.18. The molecule has 0 atom stereocenters. The van der Waals surface area contributed by atoms with Crippen LogP contribution in [0.15, 0.2) is 66.7 Å². The number of primary amides is 1. The highest BCUT2D eigenvalue weighted by Crippen LogP contribution is 2.27. The Morgan fingerprint density at radius 3 is 2.22 bits per heavy atom. The lowest BCUT2D eigenvalue weighted by Gasteiger charge is -2.09. The van der Waals surface area contributed by atoms with Gasteiger partial charge in [0.15, 0.2) is 0 Å². The maximum atomic E-state index is 11.6. The van der Waals surface area contributed by atoms with Crippen LogP contribution in [0.5, 0.6) is 5.75 Å². The van der Waals surface area contributed by atoms with Crippen molar-refractivity contribution in [2.75, 3.05) is 7.11 Å². The number of aromatic nitrogens is 1. The number of hydrogen-bond donors (Lipinski definition) is 1. The summed E-state index contributed by atoms with van der Waals surface area (Å²) in [5.74, 6) is 0.235. The highest BCUT2D eigenvalue weighted by atomic mass is 16.5. The fourth-order valence-electron chi connectivity index (χ4n) is 2.36. The van der Waals surface area contributed by atoms with E-state index in [0.717, 1.165) is 22.4 Å². The Kier molecular flexibility index (Phi) is 4.06. The first-order valence-electron chi connectivity index (χ1n) is 7.19. The molecular weight excluding hydrogens is 288 g/mol. The van der Waals surface area contributed by atoms with Crippen LogP contribution < -0.4 is 10.5 Å². The Balaban J connectivity index is 2.12. The van der Waals surface area contributed by atoms with Gasteiger partial charge in [-0.3, -0.25) is 4.79 Å². The van der Waals surface area contributed by atoms with E-state index in [2.05, 4.69) is 4.98 Å². The van der Waals surface area contributed by atoms with Crippen molar-refractivity contribution in [2.24, 2.45) is 5.73 Å². The lowest BCUT2D eigenvalue weighted by Crippen LogP contribution is -2.13. The summed E-state index contributed by atoms with van der Waals surface area (Å²) in [6.07, 6.45) is 0. The van der Waals surface area contributed by atoms with Gasteiger partial charge in [-0.15, -0.1) is 0 Å². The molecule has 3 rings (SSSR count). The van der Waals surface area contributed by atoms with Crippen LogP contribution in [0.2, 0.25) is 0 Å². The Morgan fingerprint density at radius 2 is 1.61 bits per heavy atom. The van der Waals surface area contributed by atoms with Gasteiger partial charge in [0.05, 0.1) is 12.8 Å². The highest BCUT2D eigenvalue weighted by Gasteiger charge is 2.10. The molecule has 0 spiro atoms. The van der Waals surface area contributed by atoms with Gasteiger partial charge in [0.1, 0.15) is 11.4 Å².